The van der Waals surface area contributed by atoms with Gasteiger partial charge in [-0.1, -0.05) is 30.3 Å². The van der Waals surface area contributed by atoms with Crippen LogP contribution in [0.2, 0.25) is 0 Å². The molecule has 0 bridgehead atoms. The number of amides is 1. The van der Waals surface area contributed by atoms with Crippen LogP contribution in [0.25, 0.3) is 0 Å². The number of hydrogen-bond donors (Lipinski definition) is 0. The van der Waals surface area contributed by atoms with Gasteiger partial charge in [-0.15, -0.1) is 0 Å². The van der Waals surface area contributed by atoms with E-state index in [1.165, 1.54) is 5.56 Å². The number of hydrogen-bond acceptors (Lipinski definition) is 4. The summed E-state index contributed by atoms with van der Waals surface area (Å²) in [6, 6.07) is 16.3. The van der Waals surface area contributed by atoms with E-state index in [1.807, 2.05) is 35.2 Å². The monoisotopic (exact) mass is 380 g/mol. The zero-order valence-corrected chi connectivity index (χ0v) is 16.7. The topological polar surface area (TPSA) is 42.0 Å². The number of likely N-dealkylation sites (tertiary alicyclic amines) is 1. The molecule has 2 heterocycles. The van der Waals surface area contributed by atoms with E-state index in [0.29, 0.717) is 13.1 Å². The van der Waals surface area contributed by atoms with Gasteiger partial charge < -0.3 is 14.4 Å². The lowest BCUT2D eigenvalue weighted by Gasteiger charge is -2.43. The van der Waals surface area contributed by atoms with Crippen molar-refractivity contribution in [2.45, 2.75) is 38.5 Å². The van der Waals surface area contributed by atoms with Crippen LogP contribution in [0.3, 0.4) is 0 Å². The van der Waals surface area contributed by atoms with Crippen molar-refractivity contribution in [3.05, 3.63) is 59.7 Å². The molecule has 5 heteroatoms. The lowest BCUT2D eigenvalue weighted by molar-refractivity contribution is -0.133. The number of benzene rings is 2. The van der Waals surface area contributed by atoms with Gasteiger partial charge in [-0.3, -0.25) is 9.69 Å². The van der Waals surface area contributed by atoms with Gasteiger partial charge in [-0.2, -0.15) is 0 Å². The lowest BCUT2D eigenvalue weighted by atomic mass is 9.91. The van der Waals surface area contributed by atoms with Gasteiger partial charge in [0.15, 0.2) is 0 Å². The standard InChI is InChI=1S/C23H28N2O3/c1-18(26)25-15-20-6-3-4-7-22(20)28-23(17-25)12-5-13-24(16-23)14-19-8-10-21(27-2)11-9-19/h3-4,6-11H,5,12-17H2,1-2H3. The average Bonchev–Trinajstić information content (AvgIpc) is 2.85. The van der Waals surface area contributed by atoms with Gasteiger partial charge in [-0.05, 0) is 43.1 Å². The van der Waals surface area contributed by atoms with E-state index in [-0.39, 0.29) is 11.5 Å². The molecule has 1 unspecified atom stereocenters. The summed E-state index contributed by atoms with van der Waals surface area (Å²) in [5.74, 6) is 1.89. The highest BCUT2D eigenvalue weighted by atomic mass is 16.5. The third kappa shape index (κ3) is 3.99. The number of para-hydroxylation sites is 1. The summed E-state index contributed by atoms with van der Waals surface area (Å²) in [7, 11) is 1.69. The number of carbonyl (C=O) groups is 1. The Balaban J connectivity index is 1.55. The molecule has 2 aromatic rings. The summed E-state index contributed by atoms with van der Waals surface area (Å²) in [5, 5.41) is 0. The van der Waals surface area contributed by atoms with Crippen LogP contribution in [-0.4, -0.2) is 48.1 Å². The molecule has 4 rings (SSSR count). The van der Waals surface area contributed by atoms with E-state index in [2.05, 4.69) is 23.1 Å². The minimum atomic E-state index is -0.358. The predicted molar refractivity (Wildman–Crippen MR) is 108 cm³/mol. The molecule has 0 saturated carbocycles. The van der Waals surface area contributed by atoms with Crippen molar-refractivity contribution in [1.82, 2.24) is 9.80 Å². The van der Waals surface area contributed by atoms with Gasteiger partial charge in [0.2, 0.25) is 5.91 Å². The molecule has 0 aromatic heterocycles. The van der Waals surface area contributed by atoms with E-state index in [0.717, 1.165) is 49.5 Å². The van der Waals surface area contributed by atoms with Gasteiger partial charge >= 0.3 is 0 Å². The molecule has 2 aromatic carbocycles. The maximum absolute atomic E-state index is 12.3. The smallest absolute Gasteiger partial charge is 0.219 e. The second kappa shape index (κ2) is 7.84. The average molecular weight is 380 g/mol. The first kappa shape index (κ1) is 18.8. The Bertz CT molecular complexity index is 836. The molecule has 2 aliphatic rings. The van der Waals surface area contributed by atoms with Crippen LogP contribution in [-0.2, 0) is 17.9 Å². The molecule has 148 valence electrons. The summed E-state index contributed by atoms with van der Waals surface area (Å²) in [6.07, 6.45) is 2.02. The minimum absolute atomic E-state index is 0.104. The highest BCUT2D eigenvalue weighted by molar-refractivity contribution is 5.73. The molecule has 2 aliphatic heterocycles. The largest absolute Gasteiger partial charge is 0.497 e. The van der Waals surface area contributed by atoms with Gasteiger partial charge in [0.25, 0.3) is 0 Å². The maximum Gasteiger partial charge on any atom is 0.219 e. The number of rotatable bonds is 3. The molecular formula is C23H28N2O3. The van der Waals surface area contributed by atoms with Gasteiger partial charge in [0, 0.05) is 32.1 Å². The normalized spacial score (nSPS) is 22.3. The maximum atomic E-state index is 12.3. The second-order valence-electron chi connectivity index (χ2n) is 7.93. The van der Waals surface area contributed by atoms with Gasteiger partial charge in [-0.25, -0.2) is 0 Å². The SMILES string of the molecule is COc1ccc(CN2CCCC3(C2)CN(C(C)=O)Cc2ccccc2O3)cc1. The van der Waals surface area contributed by atoms with Crippen molar-refractivity contribution >= 4 is 5.91 Å². The van der Waals surface area contributed by atoms with Crippen molar-refractivity contribution in [1.29, 1.82) is 0 Å². The summed E-state index contributed by atoms with van der Waals surface area (Å²) in [4.78, 5) is 16.6. The van der Waals surface area contributed by atoms with Crippen molar-refractivity contribution in [2.75, 3.05) is 26.7 Å². The Hall–Kier alpha value is -2.53. The fraction of sp³-hybridized carbons (Fsp3) is 0.435. The molecule has 0 N–H and O–H groups in total. The predicted octanol–water partition coefficient (Wildman–Crippen LogP) is 3.47. The fourth-order valence-electron chi connectivity index (χ4n) is 4.36. The van der Waals surface area contributed by atoms with E-state index in [9.17, 15) is 4.79 Å². The number of nitrogens with zero attached hydrogens (tertiary/aromatic N) is 2. The Labute approximate surface area is 166 Å². The summed E-state index contributed by atoms with van der Waals surface area (Å²) >= 11 is 0. The third-order valence-corrected chi connectivity index (χ3v) is 5.77. The number of carbonyl (C=O) groups excluding carboxylic acids is 1. The molecule has 1 fully saturated rings. The molecule has 0 aliphatic carbocycles. The Morgan fingerprint density at radius 2 is 1.93 bits per heavy atom. The minimum Gasteiger partial charge on any atom is -0.497 e. The summed E-state index contributed by atoms with van der Waals surface area (Å²) in [6.45, 7) is 5.63. The van der Waals surface area contributed by atoms with Crippen LogP contribution in [0.4, 0.5) is 0 Å². The lowest BCUT2D eigenvalue weighted by Crippen LogP contribution is -2.57. The first-order valence-electron chi connectivity index (χ1n) is 9.95. The molecule has 0 radical (unpaired) electrons. The number of piperidine rings is 1. The number of fused-ring (bicyclic) bond motifs is 1. The Kier molecular flexibility index (Phi) is 5.27. The molecular weight excluding hydrogens is 352 g/mol. The van der Waals surface area contributed by atoms with Crippen molar-refractivity contribution in [3.63, 3.8) is 0 Å². The first-order valence-corrected chi connectivity index (χ1v) is 9.95. The number of methoxy groups -OCH3 is 1. The Morgan fingerprint density at radius 3 is 2.68 bits per heavy atom. The van der Waals surface area contributed by atoms with Crippen LogP contribution in [0.5, 0.6) is 11.5 Å². The highest BCUT2D eigenvalue weighted by Gasteiger charge is 2.42. The van der Waals surface area contributed by atoms with E-state index in [4.69, 9.17) is 9.47 Å². The molecule has 1 atom stereocenters. The second-order valence-corrected chi connectivity index (χ2v) is 7.93. The van der Waals surface area contributed by atoms with E-state index < -0.39 is 0 Å². The van der Waals surface area contributed by atoms with E-state index >= 15 is 0 Å². The first-order chi connectivity index (χ1) is 13.6. The third-order valence-electron chi connectivity index (χ3n) is 5.77. The van der Waals surface area contributed by atoms with Crippen LogP contribution in [0, 0.1) is 0 Å². The summed E-state index contributed by atoms with van der Waals surface area (Å²) in [5.41, 5.74) is 1.99. The van der Waals surface area contributed by atoms with E-state index in [1.54, 1.807) is 14.0 Å². The zero-order chi connectivity index (χ0) is 19.6. The van der Waals surface area contributed by atoms with Gasteiger partial charge in [0.1, 0.15) is 17.1 Å². The molecule has 1 spiro atoms. The van der Waals surface area contributed by atoms with Gasteiger partial charge in [0.05, 0.1) is 13.7 Å². The van der Waals surface area contributed by atoms with Crippen molar-refractivity contribution < 1.29 is 14.3 Å². The molecule has 5 nitrogen and oxygen atoms in total. The molecule has 1 saturated heterocycles. The van der Waals surface area contributed by atoms with Crippen molar-refractivity contribution in [3.8, 4) is 11.5 Å². The Morgan fingerprint density at radius 1 is 1.14 bits per heavy atom. The molecule has 28 heavy (non-hydrogen) atoms. The summed E-state index contributed by atoms with van der Waals surface area (Å²) < 4.78 is 11.9. The fourth-order valence-corrected chi connectivity index (χ4v) is 4.36. The zero-order valence-electron chi connectivity index (χ0n) is 16.7. The van der Waals surface area contributed by atoms with Crippen molar-refractivity contribution in [2.24, 2.45) is 0 Å². The molecule has 1 amide bonds. The highest BCUT2D eigenvalue weighted by Crippen LogP contribution is 2.35. The van der Waals surface area contributed by atoms with Crippen LogP contribution < -0.4 is 9.47 Å². The van der Waals surface area contributed by atoms with Crippen LogP contribution in [0.1, 0.15) is 30.9 Å². The number of ether oxygens (including phenoxy) is 2. The van der Waals surface area contributed by atoms with Crippen LogP contribution >= 0.6 is 0 Å². The van der Waals surface area contributed by atoms with Crippen LogP contribution in [0.15, 0.2) is 48.5 Å². The quantitative estimate of drug-likeness (QED) is 0.818.